The van der Waals surface area contributed by atoms with E-state index in [1.165, 1.54) is 74.5 Å². The van der Waals surface area contributed by atoms with Crippen molar-refractivity contribution in [3.8, 4) is 0 Å². The summed E-state index contributed by atoms with van der Waals surface area (Å²) in [6.45, 7) is 2.40. The van der Waals surface area contributed by atoms with Crippen LogP contribution in [0.1, 0.15) is 60.5 Å². The Hall–Kier alpha value is -5.10. The van der Waals surface area contributed by atoms with E-state index in [-0.39, 0.29) is 6.04 Å². The lowest BCUT2D eigenvalue weighted by Gasteiger charge is -2.31. The minimum Gasteiger partial charge on any atom is -0.336 e. The minimum atomic E-state index is 0.274. The molecule has 11 rings (SSSR count). The van der Waals surface area contributed by atoms with Gasteiger partial charge in [-0.3, -0.25) is 0 Å². The molecule has 0 radical (unpaired) electrons. The summed E-state index contributed by atoms with van der Waals surface area (Å²) in [4.78, 5) is 10.4. The Morgan fingerprint density at radius 1 is 0.811 bits per heavy atom. The second-order valence-electron chi connectivity index (χ2n) is 14.9. The Morgan fingerprint density at radius 3 is 2.58 bits per heavy atom. The maximum atomic E-state index is 5.08. The van der Waals surface area contributed by atoms with Crippen molar-refractivity contribution >= 4 is 77.3 Å². The first-order chi connectivity index (χ1) is 26.2. The van der Waals surface area contributed by atoms with Crippen LogP contribution in [0.5, 0.6) is 0 Å². The molecule has 3 nitrogen and oxygen atoms in total. The van der Waals surface area contributed by atoms with Gasteiger partial charge in [0, 0.05) is 72.3 Å². The van der Waals surface area contributed by atoms with Gasteiger partial charge in [0.1, 0.15) is 5.82 Å². The van der Waals surface area contributed by atoms with Crippen molar-refractivity contribution in [2.45, 2.75) is 55.5 Å². The number of pyridine rings is 1. The number of nitrogens with zero attached hydrogens (tertiary/aromatic N) is 3. The molecule has 4 aromatic carbocycles. The van der Waals surface area contributed by atoms with Gasteiger partial charge in [-0.2, -0.15) is 0 Å². The van der Waals surface area contributed by atoms with E-state index in [2.05, 4.69) is 162 Å². The van der Waals surface area contributed by atoms with Gasteiger partial charge < -0.3 is 9.47 Å². The first kappa shape index (κ1) is 31.4. The summed E-state index contributed by atoms with van der Waals surface area (Å²) >= 11 is 3.80. The molecule has 5 heteroatoms. The van der Waals surface area contributed by atoms with Crippen molar-refractivity contribution in [3.63, 3.8) is 0 Å². The molecular formula is C48H39N3S2. The van der Waals surface area contributed by atoms with Gasteiger partial charge in [0.05, 0.1) is 10.7 Å². The zero-order valence-electron chi connectivity index (χ0n) is 29.7. The fourth-order valence-corrected chi connectivity index (χ4v) is 11.7. The van der Waals surface area contributed by atoms with Crippen LogP contribution in [0, 0.1) is 5.92 Å². The van der Waals surface area contributed by atoms with Gasteiger partial charge in [0.2, 0.25) is 0 Å². The van der Waals surface area contributed by atoms with Gasteiger partial charge in [0.25, 0.3) is 0 Å². The molecule has 0 fully saturated rings. The second-order valence-corrected chi connectivity index (χ2v) is 17.2. The molecule has 7 aromatic rings. The number of aromatic nitrogens is 2. The van der Waals surface area contributed by atoms with Crippen LogP contribution in [-0.2, 0) is 6.42 Å². The Bertz CT molecular complexity index is 2710. The zero-order chi connectivity index (χ0) is 35.0. The lowest BCUT2D eigenvalue weighted by atomic mass is 9.84. The van der Waals surface area contributed by atoms with Gasteiger partial charge in [-0.15, -0.1) is 11.3 Å². The van der Waals surface area contributed by atoms with E-state index in [0.29, 0.717) is 17.9 Å². The fraction of sp³-hybridized carbons (Fsp3) is 0.188. The molecule has 258 valence electrons. The number of allylic oxidation sites excluding steroid dienone is 6. The van der Waals surface area contributed by atoms with Crippen LogP contribution < -0.4 is 4.90 Å². The third-order valence-electron chi connectivity index (χ3n) is 12.0. The Morgan fingerprint density at radius 2 is 1.66 bits per heavy atom. The van der Waals surface area contributed by atoms with Crippen molar-refractivity contribution < 1.29 is 0 Å². The van der Waals surface area contributed by atoms with Crippen molar-refractivity contribution in [3.05, 3.63) is 167 Å². The maximum Gasteiger partial charge on any atom is 0.133 e. The minimum absolute atomic E-state index is 0.274. The standard InChI is InChI=1S/C48H39N3S2/c1-30-34(31-12-3-2-4-13-31)17-11-20-41(30)50-42-18-8-5-14-35(42)38-26-32(22-24-44(38)50)52-33-23-25-45-39(27-33)36-15-6-9-19-43(36)51(45)48-28-40-37-16-7-10-21-46(37)53-47(40)29-49-48/h2-8,10-18,20-21,23,25-30,36,41,43H,9,19,22,24H2,1H3. The molecule has 3 aliphatic carbocycles. The summed E-state index contributed by atoms with van der Waals surface area (Å²) in [5.41, 5.74) is 9.68. The fourth-order valence-electron chi connectivity index (χ4n) is 9.60. The first-order valence-electron chi connectivity index (χ1n) is 19.0. The predicted octanol–water partition coefficient (Wildman–Crippen LogP) is 13.3. The number of anilines is 2. The van der Waals surface area contributed by atoms with Crippen molar-refractivity contribution in [2.24, 2.45) is 5.92 Å². The summed E-state index contributed by atoms with van der Waals surface area (Å²) < 4.78 is 5.24. The van der Waals surface area contributed by atoms with Gasteiger partial charge >= 0.3 is 0 Å². The van der Waals surface area contributed by atoms with Crippen LogP contribution in [0.4, 0.5) is 11.5 Å². The highest BCUT2D eigenvalue weighted by Gasteiger charge is 2.40. The highest BCUT2D eigenvalue weighted by Crippen LogP contribution is 2.51. The van der Waals surface area contributed by atoms with Gasteiger partial charge in [-0.25, -0.2) is 4.98 Å². The van der Waals surface area contributed by atoms with E-state index >= 15 is 0 Å². The number of fused-ring (bicyclic) bond motifs is 9. The highest BCUT2D eigenvalue weighted by atomic mass is 32.2. The Balaban J connectivity index is 0.935. The normalized spacial score (nSPS) is 21.9. The molecule has 3 aromatic heterocycles. The second kappa shape index (κ2) is 12.5. The smallest absolute Gasteiger partial charge is 0.133 e. The number of thiophene rings is 1. The molecule has 0 saturated heterocycles. The summed E-state index contributed by atoms with van der Waals surface area (Å²) in [5.74, 6) is 1.81. The van der Waals surface area contributed by atoms with Gasteiger partial charge in [0.15, 0.2) is 0 Å². The molecule has 0 spiro atoms. The van der Waals surface area contributed by atoms with E-state index in [1.54, 1.807) is 0 Å². The predicted molar refractivity (Wildman–Crippen MR) is 226 cm³/mol. The van der Waals surface area contributed by atoms with Crippen LogP contribution in [0.25, 0.3) is 42.7 Å². The van der Waals surface area contributed by atoms with E-state index in [1.807, 2.05) is 23.1 Å². The van der Waals surface area contributed by atoms with Crippen molar-refractivity contribution in [1.82, 2.24) is 9.55 Å². The molecule has 4 atom stereocenters. The third-order valence-corrected chi connectivity index (χ3v) is 14.2. The number of rotatable bonds is 5. The molecule has 4 aliphatic rings. The summed E-state index contributed by atoms with van der Waals surface area (Å²) in [6, 6.07) is 38.9. The summed E-state index contributed by atoms with van der Waals surface area (Å²) in [6.07, 6.45) is 20.8. The summed E-state index contributed by atoms with van der Waals surface area (Å²) in [5, 5.41) is 4.00. The largest absolute Gasteiger partial charge is 0.336 e. The molecule has 0 saturated carbocycles. The monoisotopic (exact) mass is 721 g/mol. The molecular weight excluding hydrogens is 683 g/mol. The van der Waals surface area contributed by atoms with Crippen molar-refractivity contribution in [2.75, 3.05) is 4.90 Å². The summed E-state index contributed by atoms with van der Waals surface area (Å²) in [7, 11) is 0. The molecule has 4 heterocycles. The highest BCUT2D eigenvalue weighted by molar-refractivity contribution is 8.03. The SMILES string of the molecule is CC1C(c2ccccc2)=CC=CC1n1c2c(c3ccccc31)C=C(Sc1ccc3c(c1)C1C=CCCC1N3c1cc3c(cn1)sc1ccccc13)CC2. The third kappa shape index (κ3) is 5.04. The van der Waals surface area contributed by atoms with Crippen molar-refractivity contribution in [1.29, 1.82) is 0 Å². The maximum absolute atomic E-state index is 5.08. The van der Waals surface area contributed by atoms with E-state index < -0.39 is 0 Å². The zero-order valence-corrected chi connectivity index (χ0v) is 31.3. The van der Waals surface area contributed by atoms with Crippen LogP contribution in [0.3, 0.4) is 0 Å². The van der Waals surface area contributed by atoms with Gasteiger partial charge in [-0.05, 0) is 89.8 Å². The number of para-hydroxylation sites is 1. The number of benzene rings is 4. The topological polar surface area (TPSA) is 21.1 Å². The van der Waals surface area contributed by atoms with E-state index in [0.717, 1.165) is 31.5 Å². The molecule has 0 bridgehead atoms. The first-order valence-corrected chi connectivity index (χ1v) is 20.6. The quantitative estimate of drug-likeness (QED) is 0.165. The van der Waals surface area contributed by atoms with E-state index in [4.69, 9.17) is 4.98 Å². The van der Waals surface area contributed by atoms with Crippen LogP contribution in [-0.4, -0.2) is 15.6 Å². The lowest BCUT2D eigenvalue weighted by molar-refractivity contribution is 0.495. The number of thioether (sulfide) groups is 1. The number of hydrogen-bond acceptors (Lipinski definition) is 4. The lowest BCUT2D eigenvalue weighted by Crippen LogP contribution is -2.31. The Labute approximate surface area is 318 Å². The Kier molecular flexibility index (Phi) is 7.41. The number of hydrogen-bond donors (Lipinski definition) is 0. The molecule has 1 aliphatic heterocycles. The molecule has 53 heavy (non-hydrogen) atoms. The average molecular weight is 722 g/mol. The molecule has 0 N–H and O–H groups in total. The molecule has 4 unspecified atom stereocenters. The average Bonchev–Trinajstić information content (AvgIpc) is 3.85. The van der Waals surface area contributed by atoms with Gasteiger partial charge in [-0.1, -0.05) is 116 Å². The molecule has 0 amide bonds. The van der Waals surface area contributed by atoms with Crippen LogP contribution in [0.2, 0.25) is 0 Å². The van der Waals surface area contributed by atoms with Crippen LogP contribution >= 0.6 is 23.1 Å². The van der Waals surface area contributed by atoms with E-state index in [9.17, 15) is 0 Å². The van der Waals surface area contributed by atoms with Crippen LogP contribution in [0.15, 0.2) is 150 Å².